The third-order valence-corrected chi connectivity index (χ3v) is 3.26. The molecule has 0 spiro atoms. The minimum absolute atomic E-state index is 0.0670. The number of hydrogen-bond donors (Lipinski definition) is 2. The van der Waals surface area contributed by atoms with Crippen LogP contribution in [0.25, 0.3) is 0 Å². The van der Waals surface area contributed by atoms with Gasteiger partial charge in [-0.3, -0.25) is 11.3 Å². The van der Waals surface area contributed by atoms with Crippen LogP contribution in [0, 0.1) is 11.7 Å². The maximum absolute atomic E-state index is 12.9. The van der Waals surface area contributed by atoms with E-state index in [1.807, 2.05) is 0 Å². The van der Waals surface area contributed by atoms with Crippen molar-refractivity contribution in [2.24, 2.45) is 11.8 Å². The molecular weight excluding hydrogens is 271 g/mol. The fourth-order valence-corrected chi connectivity index (χ4v) is 2.24. The Morgan fingerprint density at radius 3 is 2.56 bits per heavy atom. The summed E-state index contributed by atoms with van der Waals surface area (Å²) in [5.41, 5.74) is 3.79. The van der Waals surface area contributed by atoms with Gasteiger partial charge in [0.05, 0.1) is 0 Å². The zero-order valence-corrected chi connectivity index (χ0v) is 11.2. The first-order chi connectivity index (χ1) is 7.54. The van der Waals surface area contributed by atoms with E-state index in [0.717, 1.165) is 22.9 Å². The summed E-state index contributed by atoms with van der Waals surface area (Å²) in [7, 11) is 0. The lowest BCUT2D eigenvalue weighted by atomic mass is 9.98. The van der Waals surface area contributed by atoms with Gasteiger partial charge in [0, 0.05) is 10.5 Å². The molecule has 1 aromatic rings. The van der Waals surface area contributed by atoms with Gasteiger partial charge < -0.3 is 0 Å². The molecule has 0 aromatic heterocycles. The summed E-state index contributed by atoms with van der Waals surface area (Å²) in [5, 5.41) is 0. The predicted octanol–water partition coefficient (Wildman–Crippen LogP) is 3.53. The highest BCUT2D eigenvalue weighted by molar-refractivity contribution is 9.10. The highest BCUT2D eigenvalue weighted by atomic mass is 79.9. The van der Waals surface area contributed by atoms with Crippen LogP contribution in [0.3, 0.4) is 0 Å². The number of hydrogen-bond acceptors (Lipinski definition) is 2. The fraction of sp³-hybridized carbons (Fsp3) is 0.500. The molecule has 1 unspecified atom stereocenters. The first-order valence-corrected chi connectivity index (χ1v) is 6.25. The van der Waals surface area contributed by atoms with Gasteiger partial charge in [0.15, 0.2) is 0 Å². The van der Waals surface area contributed by atoms with Gasteiger partial charge in [-0.1, -0.05) is 35.8 Å². The smallest absolute Gasteiger partial charge is 0.124 e. The van der Waals surface area contributed by atoms with Crippen molar-refractivity contribution in [3.05, 3.63) is 34.1 Å². The molecule has 0 aliphatic carbocycles. The number of halogens is 2. The van der Waals surface area contributed by atoms with Crippen LogP contribution in [-0.2, 0) is 0 Å². The third kappa shape index (κ3) is 3.85. The highest BCUT2D eigenvalue weighted by Gasteiger charge is 2.13. The second kappa shape index (κ2) is 6.33. The summed E-state index contributed by atoms with van der Waals surface area (Å²) in [5.74, 6) is 5.93. The van der Waals surface area contributed by atoms with Gasteiger partial charge in [-0.2, -0.15) is 0 Å². The second-order valence-electron chi connectivity index (χ2n) is 4.36. The summed E-state index contributed by atoms with van der Waals surface area (Å²) in [6, 6.07) is 4.76. The van der Waals surface area contributed by atoms with Crippen LogP contribution in [0.1, 0.15) is 38.3 Å². The Kier molecular flexibility index (Phi) is 5.38. The molecule has 16 heavy (non-hydrogen) atoms. The van der Waals surface area contributed by atoms with Crippen LogP contribution in [0.4, 0.5) is 4.39 Å². The van der Waals surface area contributed by atoms with E-state index in [1.54, 1.807) is 6.07 Å². The van der Waals surface area contributed by atoms with Gasteiger partial charge in [-0.15, -0.1) is 0 Å². The molecule has 4 heteroatoms. The largest absolute Gasteiger partial charge is 0.271 e. The monoisotopic (exact) mass is 288 g/mol. The lowest BCUT2D eigenvalue weighted by molar-refractivity contribution is 0.446. The Labute approximate surface area is 105 Å². The van der Waals surface area contributed by atoms with Crippen molar-refractivity contribution in [2.75, 3.05) is 0 Å². The van der Waals surface area contributed by atoms with Crippen LogP contribution in [0.5, 0.6) is 0 Å². The zero-order chi connectivity index (χ0) is 12.1. The van der Waals surface area contributed by atoms with E-state index in [-0.39, 0.29) is 11.9 Å². The first kappa shape index (κ1) is 13.6. The SMILES string of the molecule is CC(C)CCC(NN)c1ccc(F)cc1Br. The fourth-order valence-electron chi connectivity index (χ4n) is 1.61. The average Bonchev–Trinajstić information content (AvgIpc) is 2.21. The van der Waals surface area contributed by atoms with Crippen molar-refractivity contribution < 1.29 is 4.39 Å². The topological polar surface area (TPSA) is 38.0 Å². The molecule has 0 amide bonds. The molecule has 0 aliphatic rings. The van der Waals surface area contributed by atoms with E-state index >= 15 is 0 Å². The summed E-state index contributed by atoms with van der Waals surface area (Å²) in [4.78, 5) is 0. The van der Waals surface area contributed by atoms with Crippen LogP contribution in [0.2, 0.25) is 0 Å². The third-order valence-electron chi connectivity index (χ3n) is 2.57. The second-order valence-corrected chi connectivity index (χ2v) is 5.21. The summed E-state index contributed by atoms with van der Waals surface area (Å²) in [6.07, 6.45) is 2.02. The minimum Gasteiger partial charge on any atom is -0.271 e. The Morgan fingerprint density at radius 2 is 2.06 bits per heavy atom. The highest BCUT2D eigenvalue weighted by Crippen LogP contribution is 2.27. The average molecular weight is 289 g/mol. The molecule has 0 saturated carbocycles. The first-order valence-electron chi connectivity index (χ1n) is 5.45. The lowest BCUT2D eigenvalue weighted by Gasteiger charge is -2.18. The molecule has 0 bridgehead atoms. The maximum atomic E-state index is 12.9. The zero-order valence-electron chi connectivity index (χ0n) is 9.63. The van der Waals surface area contributed by atoms with E-state index < -0.39 is 0 Å². The molecule has 0 radical (unpaired) electrons. The normalized spacial score (nSPS) is 13.1. The molecule has 1 aromatic carbocycles. The van der Waals surface area contributed by atoms with Gasteiger partial charge >= 0.3 is 0 Å². The van der Waals surface area contributed by atoms with Gasteiger partial charge in [0.1, 0.15) is 5.82 Å². The summed E-state index contributed by atoms with van der Waals surface area (Å²) >= 11 is 3.36. The van der Waals surface area contributed by atoms with E-state index in [2.05, 4.69) is 35.2 Å². The predicted molar refractivity (Wildman–Crippen MR) is 68.2 cm³/mol. The number of hydrazine groups is 1. The van der Waals surface area contributed by atoms with E-state index in [0.29, 0.717) is 5.92 Å². The molecule has 0 saturated heterocycles. The van der Waals surface area contributed by atoms with Crippen LogP contribution in [0.15, 0.2) is 22.7 Å². The maximum Gasteiger partial charge on any atom is 0.124 e. The van der Waals surface area contributed by atoms with Gasteiger partial charge in [-0.05, 0) is 36.5 Å². The van der Waals surface area contributed by atoms with E-state index in [9.17, 15) is 4.39 Å². The van der Waals surface area contributed by atoms with Crippen LogP contribution < -0.4 is 11.3 Å². The number of benzene rings is 1. The molecule has 0 heterocycles. The quantitative estimate of drug-likeness (QED) is 0.643. The molecule has 0 fully saturated rings. The Morgan fingerprint density at radius 1 is 1.38 bits per heavy atom. The van der Waals surface area contributed by atoms with Crippen LogP contribution >= 0.6 is 15.9 Å². The van der Waals surface area contributed by atoms with Gasteiger partial charge in [0.25, 0.3) is 0 Å². The van der Waals surface area contributed by atoms with Crippen LogP contribution in [-0.4, -0.2) is 0 Å². The van der Waals surface area contributed by atoms with Crippen molar-refractivity contribution in [2.45, 2.75) is 32.7 Å². The van der Waals surface area contributed by atoms with Crippen molar-refractivity contribution in [3.63, 3.8) is 0 Å². The molecule has 3 N–H and O–H groups in total. The summed E-state index contributed by atoms with van der Waals surface area (Å²) in [6.45, 7) is 4.35. The van der Waals surface area contributed by atoms with E-state index in [4.69, 9.17) is 5.84 Å². The molecule has 0 aliphatic heterocycles. The molecule has 90 valence electrons. The molecule has 1 atom stereocenters. The molecule has 1 rings (SSSR count). The van der Waals surface area contributed by atoms with Gasteiger partial charge in [0.2, 0.25) is 0 Å². The lowest BCUT2D eigenvalue weighted by Crippen LogP contribution is -2.28. The number of rotatable bonds is 5. The standard InChI is InChI=1S/C12H18BrFN2/c1-8(2)3-6-12(16-15)10-5-4-9(14)7-11(10)13/h4-5,7-8,12,16H,3,6,15H2,1-2H3. The van der Waals surface area contributed by atoms with Crippen molar-refractivity contribution >= 4 is 15.9 Å². The van der Waals surface area contributed by atoms with Crippen molar-refractivity contribution in [1.82, 2.24) is 5.43 Å². The molecular formula is C12H18BrFN2. The Hall–Kier alpha value is -0.450. The Bertz CT molecular complexity index is 342. The number of nitrogens with two attached hydrogens (primary N) is 1. The molecule has 2 nitrogen and oxygen atoms in total. The van der Waals surface area contributed by atoms with Gasteiger partial charge in [-0.25, -0.2) is 4.39 Å². The van der Waals surface area contributed by atoms with Crippen molar-refractivity contribution in [3.8, 4) is 0 Å². The van der Waals surface area contributed by atoms with E-state index in [1.165, 1.54) is 12.1 Å². The summed E-state index contributed by atoms with van der Waals surface area (Å²) < 4.78 is 13.7. The number of nitrogens with one attached hydrogen (secondary N) is 1. The minimum atomic E-state index is -0.241. The van der Waals surface area contributed by atoms with Crippen molar-refractivity contribution in [1.29, 1.82) is 0 Å². The Balaban J connectivity index is 2.78.